The van der Waals surface area contributed by atoms with Crippen LogP contribution in [0.15, 0.2) is 30.6 Å². The van der Waals surface area contributed by atoms with Crippen molar-refractivity contribution in [1.29, 1.82) is 5.26 Å². The highest BCUT2D eigenvalue weighted by Gasteiger charge is 2.01. The number of nitrogens with zero attached hydrogens (tertiary/aromatic N) is 4. The van der Waals surface area contributed by atoms with E-state index in [0.29, 0.717) is 24.7 Å². The molecule has 0 saturated carbocycles. The molecule has 6 heteroatoms. The van der Waals surface area contributed by atoms with Gasteiger partial charge in [-0.1, -0.05) is 6.07 Å². The summed E-state index contributed by atoms with van der Waals surface area (Å²) in [6, 6.07) is 7.24. The van der Waals surface area contributed by atoms with Crippen LogP contribution in [0.3, 0.4) is 0 Å². The van der Waals surface area contributed by atoms with Gasteiger partial charge in [0.05, 0.1) is 25.0 Å². The number of methoxy groups -OCH3 is 1. The highest BCUT2D eigenvalue weighted by atomic mass is 16.5. The summed E-state index contributed by atoms with van der Waals surface area (Å²) in [6.45, 7) is 1.31. The Morgan fingerprint density at radius 3 is 3.17 bits per heavy atom. The average molecular weight is 243 g/mol. The molecule has 0 atom stereocenters. The number of rotatable bonds is 5. The fourth-order valence-electron chi connectivity index (χ4n) is 1.45. The van der Waals surface area contributed by atoms with Crippen LogP contribution >= 0.6 is 0 Å². The van der Waals surface area contributed by atoms with Crippen molar-refractivity contribution >= 4 is 11.5 Å². The van der Waals surface area contributed by atoms with E-state index in [1.165, 1.54) is 0 Å². The SMILES string of the molecule is COCCn1cc(Nc2cccc(C#N)n2)cn1. The maximum atomic E-state index is 8.76. The van der Waals surface area contributed by atoms with Gasteiger partial charge in [-0.2, -0.15) is 10.4 Å². The molecule has 0 aromatic carbocycles. The smallest absolute Gasteiger partial charge is 0.142 e. The molecule has 2 rings (SSSR count). The molecule has 2 aromatic heterocycles. The summed E-state index contributed by atoms with van der Waals surface area (Å²) in [5.41, 5.74) is 1.21. The molecule has 0 radical (unpaired) electrons. The van der Waals surface area contributed by atoms with E-state index in [4.69, 9.17) is 10.00 Å². The Hall–Kier alpha value is -2.39. The van der Waals surface area contributed by atoms with Gasteiger partial charge in [-0.05, 0) is 12.1 Å². The third kappa shape index (κ3) is 3.06. The fraction of sp³-hybridized carbons (Fsp3) is 0.250. The second-order valence-corrected chi connectivity index (χ2v) is 3.63. The van der Waals surface area contributed by atoms with Crippen molar-refractivity contribution in [2.75, 3.05) is 19.0 Å². The van der Waals surface area contributed by atoms with Crippen LogP contribution < -0.4 is 5.32 Å². The Morgan fingerprint density at radius 1 is 1.50 bits per heavy atom. The average Bonchev–Trinajstić information content (AvgIpc) is 2.84. The second-order valence-electron chi connectivity index (χ2n) is 3.63. The van der Waals surface area contributed by atoms with Gasteiger partial charge in [0.2, 0.25) is 0 Å². The van der Waals surface area contributed by atoms with E-state index >= 15 is 0 Å². The van der Waals surface area contributed by atoms with Crippen molar-refractivity contribution in [3.05, 3.63) is 36.3 Å². The number of pyridine rings is 1. The van der Waals surface area contributed by atoms with Gasteiger partial charge < -0.3 is 10.1 Å². The summed E-state index contributed by atoms with van der Waals surface area (Å²) < 4.78 is 6.75. The first-order chi connectivity index (χ1) is 8.81. The van der Waals surface area contributed by atoms with Crippen LogP contribution in [0.2, 0.25) is 0 Å². The van der Waals surface area contributed by atoms with Crippen LogP contribution in [-0.4, -0.2) is 28.5 Å². The van der Waals surface area contributed by atoms with E-state index in [1.807, 2.05) is 12.3 Å². The Labute approximate surface area is 105 Å². The van der Waals surface area contributed by atoms with Crippen LogP contribution in [0, 0.1) is 11.3 Å². The normalized spacial score (nSPS) is 10.0. The van der Waals surface area contributed by atoms with Crippen LogP contribution in [0.1, 0.15) is 5.69 Å². The van der Waals surface area contributed by atoms with Gasteiger partial charge in [0, 0.05) is 13.3 Å². The minimum atomic E-state index is 0.381. The zero-order valence-electron chi connectivity index (χ0n) is 10.00. The van der Waals surface area contributed by atoms with E-state index in [1.54, 1.807) is 36.2 Å². The number of hydrogen-bond acceptors (Lipinski definition) is 5. The van der Waals surface area contributed by atoms with Gasteiger partial charge in [0.15, 0.2) is 0 Å². The molecule has 6 nitrogen and oxygen atoms in total. The number of anilines is 2. The first-order valence-corrected chi connectivity index (χ1v) is 5.47. The molecule has 0 spiro atoms. The van der Waals surface area contributed by atoms with Crippen LogP contribution in [0.4, 0.5) is 11.5 Å². The number of nitriles is 1. The second kappa shape index (κ2) is 5.80. The summed E-state index contributed by atoms with van der Waals surface area (Å²) in [7, 11) is 1.65. The van der Waals surface area contributed by atoms with Gasteiger partial charge in [0.25, 0.3) is 0 Å². The van der Waals surface area contributed by atoms with E-state index in [2.05, 4.69) is 15.4 Å². The predicted octanol–water partition coefficient (Wildman–Crippen LogP) is 1.54. The Balaban J connectivity index is 2.04. The molecule has 92 valence electrons. The van der Waals surface area contributed by atoms with E-state index in [0.717, 1.165) is 5.69 Å². The molecule has 0 fully saturated rings. The molecule has 0 saturated heterocycles. The quantitative estimate of drug-likeness (QED) is 0.862. The third-order valence-electron chi connectivity index (χ3n) is 2.29. The molecule has 0 unspecified atom stereocenters. The Bertz CT molecular complexity index is 558. The summed E-state index contributed by atoms with van der Waals surface area (Å²) in [6.07, 6.45) is 3.57. The van der Waals surface area contributed by atoms with Crippen molar-refractivity contribution in [3.63, 3.8) is 0 Å². The van der Waals surface area contributed by atoms with Gasteiger partial charge in [-0.3, -0.25) is 4.68 Å². The topological polar surface area (TPSA) is 75.8 Å². The van der Waals surface area contributed by atoms with Gasteiger partial charge in [0.1, 0.15) is 17.6 Å². The summed E-state index contributed by atoms with van der Waals surface area (Å²) in [5, 5.41) is 16.0. The van der Waals surface area contributed by atoms with Crippen LogP contribution in [0.25, 0.3) is 0 Å². The minimum absolute atomic E-state index is 0.381. The molecule has 0 bridgehead atoms. The van der Waals surface area contributed by atoms with Gasteiger partial charge >= 0.3 is 0 Å². The highest BCUT2D eigenvalue weighted by molar-refractivity contribution is 5.54. The highest BCUT2D eigenvalue weighted by Crippen LogP contribution is 2.13. The van der Waals surface area contributed by atoms with Crippen molar-refractivity contribution in [2.24, 2.45) is 0 Å². The van der Waals surface area contributed by atoms with Crippen molar-refractivity contribution in [1.82, 2.24) is 14.8 Å². The maximum absolute atomic E-state index is 8.76. The largest absolute Gasteiger partial charge is 0.383 e. The molecular formula is C12H13N5O. The molecule has 0 aliphatic heterocycles. The number of hydrogen-bond donors (Lipinski definition) is 1. The monoisotopic (exact) mass is 243 g/mol. The molecule has 0 aliphatic rings. The number of aromatic nitrogens is 3. The molecule has 2 aromatic rings. The van der Waals surface area contributed by atoms with Crippen molar-refractivity contribution in [3.8, 4) is 6.07 Å². The third-order valence-corrected chi connectivity index (χ3v) is 2.29. The first kappa shape index (κ1) is 12.1. The summed E-state index contributed by atoms with van der Waals surface area (Å²) in [5.74, 6) is 0.625. The number of nitrogens with one attached hydrogen (secondary N) is 1. The summed E-state index contributed by atoms with van der Waals surface area (Å²) in [4.78, 5) is 4.12. The lowest BCUT2D eigenvalue weighted by Gasteiger charge is -2.02. The lowest BCUT2D eigenvalue weighted by molar-refractivity contribution is 0.183. The predicted molar refractivity (Wildman–Crippen MR) is 66.3 cm³/mol. The first-order valence-electron chi connectivity index (χ1n) is 5.47. The molecular weight excluding hydrogens is 230 g/mol. The van der Waals surface area contributed by atoms with Gasteiger partial charge in [-0.25, -0.2) is 4.98 Å². The number of ether oxygens (including phenoxy) is 1. The molecule has 18 heavy (non-hydrogen) atoms. The molecule has 2 heterocycles. The zero-order chi connectivity index (χ0) is 12.8. The zero-order valence-corrected chi connectivity index (χ0v) is 10.00. The fourth-order valence-corrected chi connectivity index (χ4v) is 1.45. The lowest BCUT2D eigenvalue weighted by Crippen LogP contribution is -2.03. The van der Waals surface area contributed by atoms with E-state index in [9.17, 15) is 0 Å². The standard InChI is InChI=1S/C12H13N5O/c1-18-6-5-17-9-11(8-14-17)16-12-4-2-3-10(7-13)15-12/h2-4,8-9H,5-6H2,1H3,(H,15,16). The minimum Gasteiger partial charge on any atom is -0.383 e. The van der Waals surface area contributed by atoms with E-state index in [-0.39, 0.29) is 0 Å². The van der Waals surface area contributed by atoms with Crippen molar-refractivity contribution < 1.29 is 4.74 Å². The van der Waals surface area contributed by atoms with Gasteiger partial charge in [-0.15, -0.1) is 0 Å². The lowest BCUT2D eigenvalue weighted by atomic mass is 10.3. The summed E-state index contributed by atoms with van der Waals surface area (Å²) >= 11 is 0. The van der Waals surface area contributed by atoms with E-state index < -0.39 is 0 Å². The Morgan fingerprint density at radius 2 is 2.39 bits per heavy atom. The molecule has 0 amide bonds. The Kier molecular flexibility index (Phi) is 3.89. The van der Waals surface area contributed by atoms with Crippen LogP contribution in [0.5, 0.6) is 0 Å². The molecule has 0 aliphatic carbocycles. The van der Waals surface area contributed by atoms with Crippen molar-refractivity contribution in [2.45, 2.75) is 6.54 Å². The maximum Gasteiger partial charge on any atom is 0.142 e. The van der Waals surface area contributed by atoms with Crippen LogP contribution in [-0.2, 0) is 11.3 Å². The molecule has 1 N–H and O–H groups in total.